The van der Waals surface area contributed by atoms with Gasteiger partial charge in [-0.2, -0.15) is 0 Å². The lowest BCUT2D eigenvalue weighted by molar-refractivity contribution is -0.123. The molecule has 0 aliphatic heterocycles. The zero-order valence-corrected chi connectivity index (χ0v) is 19.0. The third kappa shape index (κ3) is 6.23. The molecule has 0 saturated carbocycles. The smallest absolute Gasteiger partial charge is 0.408 e. The van der Waals surface area contributed by atoms with Gasteiger partial charge in [0.25, 0.3) is 0 Å². The molecule has 0 radical (unpaired) electrons. The highest BCUT2D eigenvalue weighted by Crippen LogP contribution is 2.21. The van der Waals surface area contributed by atoms with Crippen LogP contribution in [0.3, 0.4) is 0 Å². The molecule has 2 amide bonds. The number of fused-ring (bicyclic) bond motifs is 1. The Morgan fingerprint density at radius 2 is 1.56 bits per heavy atom. The molecule has 1 atom stereocenters. The molecule has 0 bridgehead atoms. The van der Waals surface area contributed by atoms with Crippen molar-refractivity contribution in [3.63, 3.8) is 0 Å². The molecule has 1 unspecified atom stereocenters. The van der Waals surface area contributed by atoms with Crippen LogP contribution >= 0.6 is 0 Å². The van der Waals surface area contributed by atoms with Crippen molar-refractivity contribution in [2.24, 2.45) is 0 Å². The van der Waals surface area contributed by atoms with Crippen molar-refractivity contribution in [3.05, 3.63) is 77.9 Å². The highest BCUT2D eigenvalue weighted by Gasteiger charge is 2.25. The van der Waals surface area contributed by atoms with Crippen LogP contribution in [-0.4, -0.2) is 30.8 Å². The summed E-state index contributed by atoms with van der Waals surface area (Å²) >= 11 is 0. The number of carbonyl (C=O) groups excluding carboxylic acids is 2. The zero-order valence-electron chi connectivity index (χ0n) is 19.0. The summed E-state index contributed by atoms with van der Waals surface area (Å²) in [6.45, 7) is 5.64. The van der Waals surface area contributed by atoms with E-state index in [1.54, 1.807) is 27.9 Å². The van der Waals surface area contributed by atoms with E-state index in [1.807, 2.05) is 66.7 Å². The Bertz CT molecular complexity index is 1080. The minimum absolute atomic E-state index is 0.283. The summed E-state index contributed by atoms with van der Waals surface area (Å²) in [6, 6.07) is 20.6. The number of rotatable bonds is 7. The maximum Gasteiger partial charge on any atom is 0.408 e. The molecule has 0 aromatic heterocycles. The Labute approximate surface area is 188 Å². The molecule has 6 heteroatoms. The second kappa shape index (κ2) is 10.2. The summed E-state index contributed by atoms with van der Waals surface area (Å²) in [5, 5.41) is 7.79. The summed E-state index contributed by atoms with van der Waals surface area (Å²) in [4.78, 5) is 25.6. The zero-order chi connectivity index (χ0) is 23.1. The average molecular weight is 435 g/mol. The molecular weight excluding hydrogens is 404 g/mol. The first-order chi connectivity index (χ1) is 15.3. The summed E-state index contributed by atoms with van der Waals surface area (Å²) < 4.78 is 10.8. The Hall–Kier alpha value is -3.54. The summed E-state index contributed by atoms with van der Waals surface area (Å²) in [5.41, 5.74) is 1.16. The fraction of sp³-hybridized carbons (Fsp3) is 0.308. The monoisotopic (exact) mass is 434 g/mol. The quantitative estimate of drug-likeness (QED) is 0.570. The minimum Gasteiger partial charge on any atom is -0.496 e. The number of hydrogen-bond acceptors (Lipinski definition) is 4. The highest BCUT2D eigenvalue weighted by molar-refractivity contribution is 5.89. The van der Waals surface area contributed by atoms with E-state index in [4.69, 9.17) is 9.47 Å². The molecule has 2 N–H and O–H groups in total. The number of alkyl carbamates (subject to hydrolysis) is 1. The topological polar surface area (TPSA) is 76.7 Å². The first-order valence-electron chi connectivity index (χ1n) is 10.6. The van der Waals surface area contributed by atoms with Gasteiger partial charge in [0.05, 0.1) is 7.11 Å². The highest BCUT2D eigenvalue weighted by atomic mass is 16.6. The van der Waals surface area contributed by atoms with Gasteiger partial charge in [-0.3, -0.25) is 4.79 Å². The van der Waals surface area contributed by atoms with E-state index in [0.29, 0.717) is 12.2 Å². The molecule has 0 aliphatic carbocycles. The SMILES string of the molecule is COc1ccccc1CNC(=O)C(Cc1cccc2ccccc12)NC(=O)OC(C)(C)C. The van der Waals surface area contributed by atoms with Crippen LogP contribution in [0.25, 0.3) is 10.8 Å². The molecule has 0 spiro atoms. The van der Waals surface area contributed by atoms with Gasteiger partial charge in [-0.05, 0) is 43.2 Å². The first-order valence-corrected chi connectivity index (χ1v) is 10.6. The molecule has 0 heterocycles. The molecule has 3 aromatic rings. The van der Waals surface area contributed by atoms with Crippen LogP contribution in [0.1, 0.15) is 31.9 Å². The van der Waals surface area contributed by atoms with Gasteiger partial charge >= 0.3 is 6.09 Å². The molecule has 6 nitrogen and oxygen atoms in total. The van der Waals surface area contributed by atoms with Crippen molar-refractivity contribution in [1.29, 1.82) is 0 Å². The molecule has 3 rings (SSSR count). The molecule has 0 fully saturated rings. The van der Waals surface area contributed by atoms with Crippen molar-refractivity contribution < 1.29 is 19.1 Å². The number of methoxy groups -OCH3 is 1. The lowest BCUT2D eigenvalue weighted by atomic mass is 9.98. The second-order valence-electron chi connectivity index (χ2n) is 8.57. The molecular formula is C26H30N2O4. The summed E-state index contributed by atoms with van der Waals surface area (Å²) in [7, 11) is 1.59. The van der Waals surface area contributed by atoms with E-state index in [2.05, 4.69) is 10.6 Å². The van der Waals surface area contributed by atoms with Gasteiger partial charge in [-0.15, -0.1) is 0 Å². The summed E-state index contributed by atoms with van der Waals surface area (Å²) in [6.07, 6.45) is -0.298. The third-order valence-corrected chi connectivity index (χ3v) is 4.96. The van der Waals surface area contributed by atoms with E-state index >= 15 is 0 Å². The second-order valence-corrected chi connectivity index (χ2v) is 8.57. The van der Waals surface area contributed by atoms with Gasteiger partial charge in [0.2, 0.25) is 5.91 Å². The Morgan fingerprint density at radius 1 is 0.906 bits per heavy atom. The van der Waals surface area contributed by atoms with Crippen LogP contribution in [-0.2, 0) is 22.5 Å². The Kier molecular flexibility index (Phi) is 7.36. The largest absolute Gasteiger partial charge is 0.496 e. The average Bonchev–Trinajstić information content (AvgIpc) is 2.76. The van der Waals surface area contributed by atoms with Gasteiger partial charge < -0.3 is 20.1 Å². The van der Waals surface area contributed by atoms with Crippen molar-refractivity contribution in [3.8, 4) is 5.75 Å². The molecule has 32 heavy (non-hydrogen) atoms. The van der Waals surface area contributed by atoms with Crippen LogP contribution in [0.4, 0.5) is 4.79 Å². The van der Waals surface area contributed by atoms with E-state index < -0.39 is 17.7 Å². The van der Waals surface area contributed by atoms with Crippen molar-refractivity contribution >= 4 is 22.8 Å². The number of hydrogen-bond donors (Lipinski definition) is 2. The molecule has 0 aliphatic rings. The predicted molar refractivity (Wildman–Crippen MR) is 126 cm³/mol. The van der Waals surface area contributed by atoms with Crippen molar-refractivity contribution in [2.45, 2.75) is 45.4 Å². The minimum atomic E-state index is -0.801. The predicted octanol–water partition coefficient (Wildman–Crippen LogP) is 4.60. The lowest BCUT2D eigenvalue weighted by Crippen LogP contribution is -2.49. The number of benzene rings is 3. The normalized spacial score (nSPS) is 12.1. The number of para-hydroxylation sites is 1. The fourth-order valence-electron chi connectivity index (χ4n) is 3.50. The summed E-state index contributed by atoms with van der Waals surface area (Å²) in [5.74, 6) is 0.396. The molecule has 3 aromatic carbocycles. The Morgan fingerprint density at radius 3 is 2.31 bits per heavy atom. The van der Waals surface area contributed by atoms with Crippen LogP contribution in [0.15, 0.2) is 66.7 Å². The van der Waals surface area contributed by atoms with Crippen molar-refractivity contribution in [2.75, 3.05) is 7.11 Å². The third-order valence-electron chi connectivity index (χ3n) is 4.96. The number of amides is 2. The standard InChI is InChI=1S/C26H30N2O4/c1-26(2,3)32-25(30)28-22(16-19-13-9-12-18-10-5-7-14-21(18)19)24(29)27-17-20-11-6-8-15-23(20)31-4/h5-15,22H,16-17H2,1-4H3,(H,27,29)(H,28,30). The fourth-order valence-corrected chi connectivity index (χ4v) is 3.50. The van der Waals surface area contributed by atoms with Gasteiger partial charge in [0.1, 0.15) is 17.4 Å². The van der Waals surface area contributed by atoms with E-state index in [-0.39, 0.29) is 12.5 Å². The van der Waals surface area contributed by atoms with Gasteiger partial charge in [0.15, 0.2) is 0 Å². The van der Waals surface area contributed by atoms with E-state index in [1.165, 1.54) is 0 Å². The van der Waals surface area contributed by atoms with Gasteiger partial charge in [-0.25, -0.2) is 4.79 Å². The van der Waals surface area contributed by atoms with Crippen LogP contribution in [0, 0.1) is 0 Å². The first kappa shape index (κ1) is 23.1. The van der Waals surface area contributed by atoms with E-state index in [9.17, 15) is 9.59 Å². The Balaban J connectivity index is 1.81. The van der Waals surface area contributed by atoms with Crippen LogP contribution in [0.2, 0.25) is 0 Å². The molecule has 168 valence electrons. The van der Waals surface area contributed by atoms with Crippen molar-refractivity contribution in [1.82, 2.24) is 10.6 Å². The lowest BCUT2D eigenvalue weighted by Gasteiger charge is -2.24. The number of ether oxygens (including phenoxy) is 2. The number of nitrogens with one attached hydrogen (secondary N) is 2. The van der Waals surface area contributed by atoms with E-state index in [0.717, 1.165) is 21.9 Å². The van der Waals surface area contributed by atoms with Gasteiger partial charge in [-0.1, -0.05) is 60.7 Å². The van der Waals surface area contributed by atoms with Crippen LogP contribution in [0.5, 0.6) is 5.75 Å². The van der Waals surface area contributed by atoms with Crippen LogP contribution < -0.4 is 15.4 Å². The maximum absolute atomic E-state index is 13.1. The maximum atomic E-state index is 13.1. The number of carbonyl (C=O) groups is 2. The van der Waals surface area contributed by atoms with Gasteiger partial charge in [0, 0.05) is 18.5 Å². The molecule has 0 saturated heterocycles.